The topological polar surface area (TPSA) is 90.5 Å². The minimum atomic E-state index is -0.900. The monoisotopic (exact) mass is 356 g/mol. The zero-order chi connectivity index (χ0) is 17.7. The molecule has 1 saturated heterocycles. The number of urea groups is 1. The molecule has 0 aromatic heterocycles. The molecule has 1 aromatic carbocycles. The van der Waals surface area contributed by atoms with Gasteiger partial charge in [-0.3, -0.25) is 9.59 Å². The lowest BCUT2D eigenvalue weighted by Gasteiger charge is -2.34. The molecule has 1 aromatic rings. The number of hydrogen-bond acceptors (Lipinski definition) is 3. The maximum absolute atomic E-state index is 13.8. The normalized spacial score (nSPS) is 17.2. The molecular formula is C15H18ClFN4O3. The van der Waals surface area contributed by atoms with Crippen LogP contribution in [0.3, 0.4) is 0 Å². The van der Waals surface area contributed by atoms with Crippen molar-refractivity contribution in [3.63, 3.8) is 0 Å². The molecule has 1 heterocycles. The summed E-state index contributed by atoms with van der Waals surface area (Å²) in [6.07, 6.45) is -0.138. The molecule has 0 unspecified atom stereocenters. The third kappa shape index (κ3) is 4.14. The second-order valence-corrected chi connectivity index (χ2v) is 5.66. The van der Waals surface area contributed by atoms with Crippen molar-refractivity contribution in [2.45, 2.75) is 19.0 Å². The summed E-state index contributed by atoms with van der Waals surface area (Å²) in [6, 6.07) is 3.06. The van der Waals surface area contributed by atoms with E-state index in [9.17, 15) is 18.8 Å². The summed E-state index contributed by atoms with van der Waals surface area (Å²) in [5.74, 6) is -1.34. The number of rotatable bonds is 4. The molecule has 0 aliphatic carbocycles. The molecule has 9 heteroatoms. The van der Waals surface area contributed by atoms with Crippen LogP contribution < -0.4 is 16.0 Å². The number of hydrogen-bond donors (Lipinski definition) is 3. The molecule has 1 aliphatic rings. The summed E-state index contributed by atoms with van der Waals surface area (Å²) >= 11 is 5.70. The number of amides is 4. The summed E-state index contributed by atoms with van der Waals surface area (Å²) in [4.78, 5) is 37.1. The highest BCUT2D eigenvalue weighted by Crippen LogP contribution is 2.18. The summed E-state index contributed by atoms with van der Waals surface area (Å²) < 4.78 is 13.8. The van der Waals surface area contributed by atoms with Gasteiger partial charge in [-0.05, 0) is 6.07 Å². The molecule has 0 radical (unpaired) electrons. The molecule has 0 bridgehead atoms. The van der Waals surface area contributed by atoms with Gasteiger partial charge in [-0.15, -0.1) is 0 Å². The molecule has 3 N–H and O–H groups in total. The van der Waals surface area contributed by atoms with Crippen LogP contribution in [-0.2, 0) is 16.1 Å². The zero-order valence-electron chi connectivity index (χ0n) is 13.1. The Kier molecular flexibility index (Phi) is 5.97. The van der Waals surface area contributed by atoms with Gasteiger partial charge in [0.2, 0.25) is 11.8 Å². The highest BCUT2D eigenvalue weighted by atomic mass is 35.5. The van der Waals surface area contributed by atoms with Gasteiger partial charge in [-0.1, -0.05) is 23.7 Å². The van der Waals surface area contributed by atoms with Gasteiger partial charge in [0, 0.05) is 32.2 Å². The fourth-order valence-corrected chi connectivity index (χ4v) is 2.59. The second kappa shape index (κ2) is 7.96. The van der Waals surface area contributed by atoms with Gasteiger partial charge in [-0.25, -0.2) is 9.18 Å². The Morgan fingerprint density at radius 2 is 2.21 bits per heavy atom. The van der Waals surface area contributed by atoms with E-state index in [0.717, 1.165) is 0 Å². The molecule has 130 valence electrons. The fraction of sp³-hybridized carbons (Fsp3) is 0.400. The standard InChI is InChI=1S/C15H18ClFN4O3/c1-18-12(22)7-11-14(23)19-5-6-21(11)15(24)20-8-9-3-2-4-10(16)13(9)17/h2-4,11H,5-8H2,1H3,(H,18,22)(H,19,23)(H,20,24)/t11-/m1/s1. The first-order chi connectivity index (χ1) is 11.4. The lowest BCUT2D eigenvalue weighted by Crippen LogP contribution is -2.60. The van der Waals surface area contributed by atoms with Gasteiger partial charge in [0.05, 0.1) is 11.4 Å². The molecule has 0 spiro atoms. The minimum Gasteiger partial charge on any atom is -0.359 e. The third-order valence-corrected chi connectivity index (χ3v) is 4.00. The summed E-state index contributed by atoms with van der Waals surface area (Å²) in [7, 11) is 1.45. The first-order valence-electron chi connectivity index (χ1n) is 7.39. The quantitative estimate of drug-likeness (QED) is 0.739. The SMILES string of the molecule is CNC(=O)C[C@@H]1C(=O)NCCN1C(=O)NCc1cccc(Cl)c1F. The third-order valence-electron chi connectivity index (χ3n) is 3.71. The highest BCUT2D eigenvalue weighted by Gasteiger charge is 2.34. The predicted octanol–water partition coefficient (Wildman–Crippen LogP) is 0.625. The smallest absolute Gasteiger partial charge is 0.318 e. The van der Waals surface area contributed by atoms with E-state index in [1.807, 2.05) is 0 Å². The van der Waals surface area contributed by atoms with Gasteiger partial charge in [-0.2, -0.15) is 0 Å². The summed E-state index contributed by atoms with van der Waals surface area (Å²) in [5.41, 5.74) is 0.236. The first-order valence-corrected chi connectivity index (χ1v) is 7.77. The molecule has 0 saturated carbocycles. The van der Waals surface area contributed by atoms with Crippen LogP contribution in [0.1, 0.15) is 12.0 Å². The Morgan fingerprint density at radius 1 is 1.46 bits per heavy atom. The van der Waals surface area contributed by atoms with Crippen LogP contribution in [0.25, 0.3) is 0 Å². The van der Waals surface area contributed by atoms with E-state index >= 15 is 0 Å². The zero-order valence-corrected chi connectivity index (χ0v) is 13.8. The lowest BCUT2D eigenvalue weighted by molar-refractivity contribution is -0.132. The molecule has 2 rings (SSSR count). The van der Waals surface area contributed by atoms with E-state index in [-0.39, 0.29) is 36.0 Å². The van der Waals surface area contributed by atoms with Crippen LogP contribution in [0.4, 0.5) is 9.18 Å². The van der Waals surface area contributed by atoms with Crippen LogP contribution in [-0.4, -0.2) is 48.9 Å². The summed E-state index contributed by atoms with van der Waals surface area (Å²) in [5, 5.41) is 7.57. The van der Waals surface area contributed by atoms with E-state index in [2.05, 4.69) is 16.0 Å². The minimum absolute atomic E-state index is 0.0309. The summed E-state index contributed by atoms with van der Waals surface area (Å²) in [6.45, 7) is 0.481. The Labute approximate surface area is 143 Å². The van der Waals surface area contributed by atoms with Crippen molar-refractivity contribution < 1.29 is 18.8 Å². The van der Waals surface area contributed by atoms with Crippen LogP contribution in [0.15, 0.2) is 18.2 Å². The molecule has 24 heavy (non-hydrogen) atoms. The van der Waals surface area contributed by atoms with Gasteiger partial charge < -0.3 is 20.9 Å². The molecule has 4 amide bonds. The van der Waals surface area contributed by atoms with Gasteiger partial charge in [0.15, 0.2) is 0 Å². The van der Waals surface area contributed by atoms with E-state index in [4.69, 9.17) is 11.6 Å². The van der Waals surface area contributed by atoms with Crippen LogP contribution in [0, 0.1) is 5.82 Å². The lowest BCUT2D eigenvalue weighted by atomic mass is 10.1. The van der Waals surface area contributed by atoms with Crippen LogP contribution in [0.2, 0.25) is 5.02 Å². The highest BCUT2D eigenvalue weighted by molar-refractivity contribution is 6.30. The molecule has 1 atom stereocenters. The molecular weight excluding hydrogens is 339 g/mol. The molecule has 7 nitrogen and oxygen atoms in total. The maximum atomic E-state index is 13.8. The van der Waals surface area contributed by atoms with E-state index in [0.29, 0.717) is 6.54 Å². The maximum Gasteiger partial charge on any atom is 0.318 e. The number of piperazine rings is 1. The van der Waals surface area contributed by atoms with E-state index < -0.39 is 23.8 Å². The number of carbonyl (C=O) groups is 3. The number of benzene rings is 1. The second-order valence-electron chi connectivity index (χ2n) is 5.25. The van der Waals surface area contributed by atoms with Crippen LogP contribution >= 0.6 is 11.6 Å². The Balaban J connectivity index is 2.04. The molecule has 1 fully saturated rings. The van der Waals surface area contributed by atoms with Crippen molar-refractivity contribution in [1.29, 1.82) is 0 Å². The average Bonchev–Trinajstić information content (AvgIpc) is 2.57. The van der Waals surface area contributed by atoms with Crippen molar-refractivity contribution in [1.82, 2.24) is 20.9 Å². The average molecular weight is 357 g/mol. The number of halogens is 2. The number of carbonyl (C=O) groups excluding carboxylic acids is 3. The Hall–Kier alpha value is -2.35. The van der Waals surface area contributed by atoms with Crippen molar-refractivity contribution in [2.24, 2.45) is 0 Å². The van der Waals surface area contributed by atoms with E-state index in [1.54, 1.807) is 6.07 Å². The first kappa shape index (κ1) is 18.0. The van der Waals surface area contributed by atoms with Gasteiger partial charge in [0.25, 0.3) is 0 Å². The number of nitrogens with one attached hydrogen (secondary N) is 3. The van der Waals surface area contributed by atoms with Crippen molar-refractivity contribution in [3.05, 3.63) is 34.6 Å². The van der Waals surface area contributed by atoms with Crippen molar-refractivity contribution in [2.75, 3.05) is 20.1 Å². The van der Waals surface area contributed by atoms with Gasteiger partial charge >= 0.3 is 6.03 Å². The largest absolute Gasteiger partial charge is 0.359 e. The van der Waals surface area contributed by atoms with Crippen molar-refractivity contribution in [3.8, 4) is 0 Å². The molecule has 1 aliphatic heterocycles. The van der Waals surface area contributed by atoms with Gasteiger partial charge in [0.1, 0.15) is 11.9 Å². The Morgan fingerprint density at radius 3 is 2.92 bits per heavy atom. The number of nitrogens with zero attached hydrogens (tertiary/aromatic N) is 1. The van der Waals surface area contributed by atoms with Crippen LogP contribution in [0.5, 0.6) is 0 Å². The van der Waals surface area contributed by atoms with Crippen molar-refractivity contribution >= 4 is 29.4 Å². The predicted molar refractivity (Wildman–Crippen MR) is 85.8 cm³/mol. The fourth-order valence-electron chi connectivity index (χ4n) is 2.40. The Bertz CT molecular complexity index is 656. The van der Waals surface area contributed by atoms with E-state index in [1.165, 1.54) is 24.1 Å².